The first kappa shape index (κ1) is 26.4. The van der Waals surface area contributed by atoms with E-state index in [2.05, 4.69) is 0 Å². The van der Waals surface area contributed by atoms with Gasteiger partial charge < -0.3 is 19.1 Å². The number of ether oxygens (including phenoxy) is 3. The molecule has 1 fully saturated rings. The van der Waals surface area contributed by atoms with Crippen molar-refractivity contribution in [2.45, 2.75) is 17.9 Å². The molecule has 0 aromatic heterocycles. The first-order valence-corrected chi connectivity index (χ1v) is 13.6. The number of carbonyl (C=O) groups excluding carboxylic acids is 2. The van der Waals surface area contributed by atoms with Crippen molar-refractivity contribution in [2.75, 3.05) is 26.2 Å². The predicted molar refractivity (Wildman–Crippen MR) is 158 cm³/mol. The van der Waals surface area contributed by atoms with E-state index in [0.29, 0.717) is 28.4 Å². The molecule has 6 nitrogen and oxygen atoms in total. The number of methoxy groups -OCH3 is 3. The Kier molecular flexibility index (Phi) is 6.83. The topological polar surface area (TPSA) is 65.1 Å². The lowest BCUT2D eigenvalue weighted by Crippen LogP contribution is -2.42. The van der Waals surface area contributed by atoms with Crippen molar-refractivity contribution in [2.24, 2.45) is 5.92 Å². The van der Waals surface area contributed by atoms with E-state index in [1.54, 1.807) is 21.3 Å². The predicted octanol–water partition coefficient (Wildman–Crippen LogP) is 6.24. The minimum Gasteiger partial charge on any atom is -0.493 e. The third kappa shape index (κ3) is 4.10. The quantitative estimate of drug-likeness (QED) is 0.244. The Morgan fingerprint density at radius 3 is 1.76 bits per heavy atom. The second-order valence-electron chi connectivity index (χ2n) is 10.3. The fourth-order valence-electron chi connectivity index (χ4n) is 6.64. The molecule has 4 aromatic carbocycles. The lowest BCUT2D eigenvalue weighted by Gasteiger charge is -2.36. The summed E-state index contributed by atoms with van der Waals surface area (Å²) in [5.41, 5.74) is 2.63. The van der Waals surface area contributed by atoms with Gasteiger partial charge in [0.05, 0.1) is 26.7 Å². The van der Waals surface area contributed by atoms with Crippen LogP contribution in [0.3, 0.4) is 0 Å². The summed E-state index contributed by atoms with van der Waals surface area (Å²) in [5, 5.41) is 0. The summed E-state index contributed by atoms with van der Waals surface area (Å²) in [4.78, 5) is 30.8. The Morgan fingerprint density at radius 1 is 0.756 bits per heavy atom. The van der Waals surface area contributed by atoms with Gasteiger partial charge in [-0.2, -0.15) is 0 Å². The highest BCUT2D eigenvalue weighted by Gasteiger charge is 2.62. The van der Waals surface area contributed by atoms with E-state index < -0.39 is 11.3 Å². The second kappa shape index (κ2) is 10.6. The lowest BCUT2D eigenvalue weighted by molar-refractivity contribution is -0.121. The van der Waals surface area contributed by atoms with E-state index in [9.17, 15) is 9.59 Å². The Bertz CT molecular complexity index is 1550. The number of rotatable bonds is 8. The van der Waals surface area contributed by atoms with Crippen LogP contribution in [0.15, 0.2) is 115 Å². The molecule has 0 amide bonds. The molecule has 0 saturated heterocycles. The molecular weight excluding hydrogens is 514 g/mol. The lowest BCUT2D eigenvalue weighted by atomic mass is 9.64. The van der Waals surface area contributed by atoms with Crippen LogP contribution in [0.4, 0.5) is 5.69 Å². The second-order valence-corrected chi connectivity index (χ2v) is 10.3. The molecule has 1 saturated carbocycles. The van der Waals surface area contributed by atoms with E-state index in [-0.39, 0.29) is 24.0 Å². The van der Waals surface area contributed by atoms with Crippen molar-refractivity contribution in [3.8, 4) is 17.2 Å². The van der Waals surface area contributed by atoms with Crippen molar-refractivity contribution < 1.29 is 23.8 Å². The third-order valence-corrected chi connectivity index (χ3v) is 8.36. The molecule has 0 radical (unpaired) electrons. The van der Waals surface area contributed by atoms with Gasteiger partial charge in [-0.3, -0.25) is 9.59 Å². The van der Waals surface area contributed by atoms with Gasteiger partial charge in [0.25, 0.3) is 0 Å². The van der Waals surface area contributed by atoms with Crippen LogP contribution in [-0.4, -0.2) is 38.9 Å². The van der Waals surface area contributed by atoms with Crippen molar-refractivity contribution in [3.05, 3.63) is 132 Å². The third-order valence-electron chi connectivity index (χ3n) is 8.36. The molecule has 0 N–H and O–H groups in total. The average Bonchev–Trinajstić information content (AvgIpc) is 3.55. The number of nitrogens with zero attached hydrogens (tertiary/aromatic N) is 1. The number of benzene rings is 4. The highest BCUT2D eigenvalue weighted by molar-refractivity contribution is 6.12. The van der Waals surface area contributed by atoms with Gasteiger partial charge in [-0.15, -0.1) is 0 Å². The number of hydrogen-bond acceptors (Lipinski definition) is 6. The van der Waals surface area contributed by atoms with Crippen LogP contribution in [-0.2, 0) is 10.2 Å². The summed E-state index contributed by atoms with van der Waals surface area (Å²) in [6.45, 7) is 0. The summed E-state index contributed by atoms with van der Waals surface area (Å²) in [6.07, 6.45) is 2.17. The molecule has 4 aromatic rings. The normalized spacial score (nSPS) is 19.0. The largest absolute Gasteiger partial charge is 0.493 e. The highest BCUT2D eigenvalue weighted by atomic mass is 16.5. The van der Waals surface area contributed by atoms with Crippen LogP contribution < -0.4 is 19.1 Å². The first-order chi connectivity index (χ1) is 20.0. The Balaban J connectivity index is 1.60. The Morgan fingerprint density at radius 2 is 1.27 bits per heavy atom. The zero-order valence-corrected chi connectivity index (χ0v) is 23.2. The SMILES string of the molecule is COc1cc(N2C=C(C(=O)c3ccccc3)C3C2CC(=O)C3(c2ccccc2)c2ccccc2)cc(OC)c1OC. The van der Waals surface area contributed by atoms with E-state index in [0.717, 1.165) is 16.8 Å². The van der Waals surface area contributed by atoms with E-state index in [4.69, 9.17) is 14.2 Å². The van der Waals surface area contributed by atoms with E-state index in [1.807, 2.05) is 114 Å². The zero-order chi connectivity index (χ0) is 28.6. The average molecular weight is 546 g/mol. The summed E-state index contributed by atoms with van der Waals surface area (Å²) in [7, 11) is 4.71. The monoisotopic (exact) mass is 545 g/mol. The number of anilines is 1. The molecule has 2 aliphatic rings. The number of hydrogen-bond donors (Lipinski definition) is 0. The Labute approximate surface area is 239 Å². The van der Waals surface area contributed by atoms with Gasteiger partial charge in [-0.25, -0.2) is 0 Å². The standard InChI is InChI=1S/C35H31NO5/c1-39-29-19-26(20-30(40-2)34(29)41-3)36-22-27(33(38)23-13-7-4-8-14-23)32-28(36)21-31(37)35(32,24-15-9-5-10-16-24)25-17-11-6-12-18-25/h4-20,22,28,32H,21H2,1-3H3. The molecule has 206 valence electrons. The fourth-order valence-corrected chi connectivity index (χ4v) is 6.64. The maximum atomic E-state index is 14.5. The molecule has 0 spiro atoms. The van der Waals surface area contributed by atoms with Gasteiger partial charge in [-0.05, 0) is 11.1 Å². The van der Waals surface area contributed by atoms with Crippen molar-refractivity contribution in [1.29, 1.82) is 0 Å². The Hall–Kier alpha value is -4.84. The van der Waals surface area contributed by atoms with Gasteiger partial charge in [-0.1, -0.05) is 91.0 Å². The maximum absolute atomic E-state index is 14.5. The smallest absolute Gasteiger partial charge is 0.203 e. The van der Waals surface area contributed by atoms with Crippen molar-refractivity contribution in [3.63, 3.8) is 0 Å². The van der Waals surface area contributed by atoms with E-state index >= 15 is 0 Å². The molecule has 1 aliphatic heterocycles. The summed E-state index contributed by atoms with van der Waals surface area (Å²) in [5.74, 6) is 1.01. The van der Waals surface area contributed by atoms with Gasteiger partial charge in [0.1, 0.15) is 0 Å². The van der Waals surface area contributed by atoms with Crippen LogP contribution in [0.5, 0.6) is 17.2 Å². The molecule has 1 heterocycles. The molecule has 0 bridgehead atoms. The van der Waals surface area contributed by atoms with Crippen LogP contribution in [0.1, 0.15) is 27.9 Å². The number of Topliss-reactive ketones (excluding diaryl/α,β-unsaturated/α-hetero) is 2. The number of carbonyl (C=O) groups is 2. The van der Waals surface area contributed by atoms with Crippen molar-refractivity contribution >= 4 is 17.3 Å². The minimum atomic E-state index is -1.04. The number of fused-ring (bicyclic) bond motifs is 1. The molecule has 1 aliphatic carbocycles. The summed E-state index contributed by atoms with van der Waals surface area (Å²) >= 11 is 0. The fraction of sp³-hybridized carbons (Fsp3) is 0.200. The zero-order valence-electron chi connectivity index (χ0n) is 23.2. The van der Waals surface area contributed by atoms with Gasteiger partial charge in [0.2, 0.25) is 5.75 Å². The summed E-state index contributed by atoms with van der Waals surface area (Å²) < 4.78 is 16.9. The molecule has 6 heteroatoms. The minimum absolute atomic E-state index is 0.0776. The van der Waals surface area contributed by atoms with E-state index in [1.165, 1.54) is 0 Å². The molecule has 6 rings (SSSR count). The van der Waals surface area contributed by atoms with Gasteiger partial charge >= 0.3 is 0 Å². The van der Waals surface area contributed by atoms with Gasteiger partial charge in [0, 0.05) is 53.5 Å². The van der Waals surface area contributed by atoms with Crippen LogP contribution >= 0.6 is 0 Å². The van der Waals surface area contributed by atoms with Crippen molar-refractivity contribution in [1.82, 2.24) is 0 Å². The highest BCUT2D eigenvalue weighted by Crippen LogP contribution is 2.57. The molecule has 2 atom stereocenters. The molecule has 41 heavy (non-hydrogen) atoms. The van der Waals surface area contributed by atoms with Gasteiger partial charge in [0.15, 0.2) is 23.1 Å². The maximum Gasteiger partial charge on any atom is 0.203 e. The number of ketones is 2. The van der Waals surface area contributed by atoms with Crippen LogP contribution in [0, 0.1) is 5.92 Å². The first-order valence-electron chi connectivity index (χ1n) is 13.6. The van der Waals surface area contributed by atoms with Crippen LogP contribution in [0.25, 0.3) is 0 Å². The molecular formula is C35H31NO5. The van der Waals surface area contributed by atoms with Crippen LogP contribution in [0.2, 0.25) is 0 Å². The molecule has 2 unspecified atom stereocenters. The summed E-state index contributed by atoms with van der Waals surface area (Å²) in [6, 6.07) is 32.4.